The number of amides is 2. The summed E-state index contributed by atoms with van der Waals surface area (Å²) in [6.45, 7) is 12.0. The molecule has 0 bridgehead atoms. The van der Waals surface area contributed by atoms with E-state index in [-0.39, 0.29) is 24.2 Å². The fourth-order valence-corrected chi connectivity index (χ4v) is 8.95. The first-order chi connectivity index (χ1) is 33.8. The molecule has 3 unspecified atom stereocenters. The van der Waals surface area contributed by atoms with Crippen LogP contribution in [-0.4, -0.2) is 130 Å². The molecule has 2 heterocycles. The Hall–Kier alpha value is -5.84. The first kappa shape index (κ1) is 52.5. The van der Waals surface area contributed by atoms with Gasteiger partial charge in [0.15, 0.2) is 0 Å². The SMILES string of the molecule is CCC1CCC(COCCOCCOCCNC(=O)/C(C#N)=C/c2ccc3cc(N4CCCCC4C)ccc3c2)CN1c1ccc2cc(/C=C(\C#N)C(=O)NCCOCCOCCOC)ccc2c1. The average molecular weight is 943 g/mol. The molecule has 0 spiro atoms. The largest absolute Gasteiger partial charge is 0.382 e. The zero-order chi connectivity index (χ0) is 48.6. The van der Waals surface area contributed by atoms with E-state index in [0.29, 0.717) is 90.7 Å². The molecular weight excluding hydrogens is 873 g/mol. The molecule has 6 rings (SSSR count). The summed E-state index contributed by atoms with van der Waals surface area (Å²) in [5, 5.41) is 29.3. The van der Waals surface area contributed by atoms with E-state index in [1.165, 1.54) is 30.6 Å². The van der Waals surface area contributed by atoms with Crippen LogP contribution in [-0.2, 0) is 38.0 Å². The van der Waals surface area contributed by atoms with Crippen molar-refractivity contribution in [1.82, 2.24) is 10.6 Å². The number of ether oxygens (including phenoxy) is 6. The fourth-order valence-electron chi connectivity index (χ4n) is 8.95. The summed E-state index contributed by atoms with van der Waals surface area (Å²) < 4.78 is 33.3. The molecule has 4 aromatic rings. The maximum Gasteiger partial charge on any atom is 0.262 e. The fraction of sp³-hybridized carbons (Fsp3) is 0.491. The van der Waals surface area contributed by atoms with Gasteiger partial charge in [-0.3, -0.25) is 9.59 Å². The molecule has 2 saturated heterocycles. The van der Waals surface area contributed by atoms with Crippen molar-refractivity contribution in [2.45, 2.75) is 64.5 Å². The molecule has 368 valence electrons. The standard InChI is InChI=1S/C55H70N6O8/c1-4-51-15-10-44(39-61(51)53-17-14-46-32-43(9-12-48(46)36-53)34-50(38-57)55(63)58-18-21-65-25-27-67-24-23-64-3)40-69-30-29-68-28-26-66-22-19-59-54(62)49(37-56)33-42-8-11-47-35-52(16-13-45(47)31-42)60-20-6-5-7-41(60)2/h8-9,11-14,16-17,31-36,41,44,51H,4-7,10,15,18-30,39-40H2,1-3H3,(H,58,63)(H,59,62)/b49-33+,50-34+. The first-order valence-electron chi connectivity index (χ1n) is 24.6. The van der Waals surface area contributed by atoms with E-state index in [0.717, 1.165) is 65.0 Å². The molecule has 0 aliphatic carbocycles. The van der Waals surface area contributed by atoms with E-state index in [1.807, 2.05) is 42.5 Å². The molecular formula is C55H70N6O8. The van der Waals surface area contributed by atoms with Crippen molar-refractivity contribution in [3.63, 3.8) is 0 Å². The van der Waals surface area contributed by atoms with Crippen molar-refractivity contribution in [3.8, 4) is 12.1 Å². The zero-order valence-corrected chi connectivity index (χ0v) is 40.7. The molecule has 0 radical (unpaired) electrons. The van der Waals surface area contributed by atoms with Gasteiger partial charge in [0.25, 0.3) is 11.8 Å². The molecule has 2 N–H and O–H groups in total. The Balaban J connectivity index is 0.850. The summed E-state index contributed by atoms with van der Waals surface area (Å²) in [7, 11) is 1.62. The summed E-state index contributed by atoms with van der Waals surface area (Å²) >= 11 is 0. The highest BCUT2D eigenvalue weighted by atomic mass is 16.5. The van der Waals surface area contributed by atoms with Gasteiger partial charge in [0.1, 0.15) is 23.3 Å². The van der Waals surface area contributed by atoms with Gasteiger partial charge in [-0.1, -0.05) is 43.3 Å². The Bertz CT molecular complexity index is 2430. The van der Waals surface area contributed by atoms with Crippen LogP contribution in [0.2, 0.25) is 0 Å². The van der Waals surface area contributed by atoms with Gasteiger partial charge in [0.05, 0.1) is 72.7 Å². The van der Waals surface area contributed by atoms with Crippen LogP contribution in [0.5, 0.6) is 0 Å². The minimum absolute atomic E-state index is 0.0337. The second-order valence-corrected chi connectivity index (χ2v) is 17.6. The Kier molecular flexibility index (Phi) is 21.8. The van der Waals surface area contributed by atoms with Crippen molar-refractivity contribution in [2.24, 2.45) is 5.92 Å². The van der Waals surface area contributed by atoms with Gasteiger partial charge in [0.2, 0.25) is 0 Å². The van der Waals surface area contributed by atoms with E-state index in [9.17, 15) is 20.1 Å². The topological polar surface area (TPSA) is 168 Å². The summed E-state index contributed by atoms with van der Waals surface area (Å²) in [4.78, 5) is 30.5. The highest BCUT2D eigenvalue weighted by molar-refractivity contribution is 6.03. The van der Waals surface area contributed by atoms with Crippen LogP contribution in [0.4, 0.5) is 11.4 Å². The normalized spacial score (nSPS) is 17.7. The predicted molar refractivity (Wildman–Crippen MR) is 272 cm³/mol. The van der Waals surface area contributed by atoms with E-state index >= 15 is 0 Å². The van der Waals surface area contributed by atoms with E-state index < -0.39 is 11.8 Å². The molecule has 14 heteroatoms. The molecule has 2 fully saturated rings. The van der Waals surface area contributed by atoms with Crippen LogP contribution in [0, 0.1) is 28.6 Å². The molecule has 0 saturated carbocycles. The number of piperidine rings is 2. The Morgan fingerprint density at radius 3 is 1.64 bits per heavy atom. The highest BCUT2D eigenvalue weighted by Gasteiger charge is 2.28. The van der Waals surface area contributed by atoms with Crippen LogP contribution in [0.25, 0.3) is 33.7 Å². The van der Waals surface area contributed by atoms with Gasteiger partial charge < -0.3 is 48.9 Å². The van der Waals surface area contributed by atoms with Crippen molar-refractivity contribution in [1.29, 1.82) is 10.5 Å². The number of nitriles is 2. The monoisotopic (exact) mass is 943 g/mol. The van der Waals surface area contributed by atoms with Crippen LogP contribution in [0.15, 0.2) is 83.9 Å². The minimum Gasteiger partial charge on any atom is -0.382 e. The van der Waals surface area contributed by atoms with Crippen LogP contribution >= 0.6 is 0 Å². The van der Waals surface area contributed by atoms with Gasteiger partial charge in [-0.2, -0.15) is 10.5 Å². The third-order valence-corrected chi connectivity index (χ3v) is 12.8. The number of hydrogen-bond acceptors (Lipinski definition) is 12. The first-order valence-corrected chi connectivity index (χ1v) is 24.6. The number of nitrogens with one attached hydrogen (secondary N) is 2. The van der Waals surface area contributed by atoms with Crippen molar-refractivity contribution in [2.75, 3.05) is 116 Å². The number of hydrogen-bond donors (Lipinski definition) is 2. The molecule has 2 aliphatic heterocycles. The molecule has 3 atom stereocenters. The van der Waals surface area contributed by atoms with E-state index in [4.69, 9.17) is 28.4 Å². The predicted octanol–water partition coefficient (Wildman–Crippen LogP) is 7.84. The number of anilines is 2. The summed E-state index contributed by atoms with van der Waals surface area (Å²) in [6.07, 6.45) is 10.2. The lowest BCUT2D eigenvalue weighted by atomic mass is 9.91. The number of rotatable bonds is 27. The number of fused-ring (bicyclic) bond motifs is 2. The maximum atomic E-state index is 12.8. The van der Waals surface area contributed by atoms with Gasteiger partial charge in [-0.15, -0.1) is 0 Å². The molecule has 0 aromatic heterocycles. The molecule has 2 amide bonds. The third-order valence-electron chi connectivity index (χ3n) is 12.8. The van der Waals surface area contributed by atoms with Crippen molar-refractivity contribution >= 4 is 56.9 Å². The van der Waals surface area contributed by atoms with Gasteiger partial charge >= 0.3 is 0 Å². The van der Waals surface area contributed by atoms with Crippen molar-refractivity contribution in [3.05, 3.63) is 95.1 Å². The van der Waals surface area contributed by atoms with Crippen molar-refractivity contribution < 1.29 is 38.0 Å². The lowest BCUT2D eigenvalue weighted by molar-refractivity contribution is -0.118. The van der Waals surface area contributed by atoms with Gasteiger partial charge in [0, 0.05) is 56.7 Å². The molecule has 14 nitrogen and oxygen atoms in total. The lowest BCUT2D eigenvalue weighted by Crippen LogP contribution is -2.44. The third kappa shape index (κ3) is 16.4. The lowest BCUT2D eigenvalue weighted by Gasteiger charge is -2.41. The average Bonchev–Trinajstić information content (AvgIpc) is 3.37. The number of benzene rings is 4. The highest BCUT2D eigenvalue weighted by Crippen LogP contribution is 2.33. The second-order valence-electron chi connectivity index (χ2n) is 17.6. The Morgan fingerprint density at radius 2 is 1.12 bits per heavy atom. The quantitative estimate of drug-likeness (QED) is 0.0338. The number of carbonyl (C=O) groups excluding carboxylic acids is 2. The summed E-state index contributed by atoms with van der Waals surface area (Å²) in [5.41, 5.74) is 4.07. The van der Waals surface area contributed by atoms with E-state index in [2.05, 4.69) is 76.7 Å². The van der Waals surface area contributed by atoms with Crippen LogP contribution in [0.1, 0.15) is 63.5 Å². The molecule has 4 aromatic carbocycles. The Morgan fingerprint density at radius 1 is 0.623 bits per heavy atom. The van der Waals surface area contributed by atoms with Crippen LogP contribution in [0.3, 0.4) is 0 Å². The maximum absolute atomic E-state index is 12.8. The number of methoxy groups -OCH3 is 1. The van der Waals surface area contributed by atoms with Crippen LogP contribution < -0.4 is 20.4 Å². The second kappa shape index (κ2) is 28.6. The smallest absolute Gasteiger partial charge is 0.262 e. The summed E-state index contributed by atoms with van der Waals surface area (Å²) in [5.74, 6) is -0.476. The number of carbonyl (C=O) groups is 2. The summed E-state index contributed by atoms with van der Waals surface area (Å²) in [6, 6.07) is 30.0. The Labute approximate surface area is 408 Å². The minimum atomic E-state index is -0.439. The molecule has 69 heavy (non-hydrogen) atoms. The number of nitrogens with zero attached hydrogens (tertiary/aromatic N) is 4. The molecule has 2 aliphatic rings. The zero-order valence-electron chi connectivity index (χ0n) is 40.7. The van der Waals surface area contributed by atoms with Gasteiger partial charge in [-0.05, 0) is 133 Å². The van der Waals surface area contributed by atoms with Gasteiger partial charge in [-0.25, -0.2) is 0 Å². The van der Waals surface area contributed by atoms with E-state index in [1.54, 1.807) is 19.3 Å².